The van der Waals surface area contributed by atoms with Crippen LogP contribution in [0.2, 0.25) is 0 Å². The molecule has 1 aromatic heterocycles. The van der Waals surface area contributed by atoms with Crippen molar-refractivity contribution in [1.82, 2.24) is 15.1 Å². The van der Waals surface area contributed by atoms with E-state index in [0.717, 1.165) is 43.3 Å². The van der Waals surface area contributed by atoms with Crippen LogP contribution in [0.5, 0.6) is 5.88 Å². The molecule has 0 saturated carbocycles. The van der Waals surface area contributed by atoms with Crippen LogP contribution in [-0.4, -0.2) is 36.5 Å². The molecule has 5 nitrogen and oxygen atoms in total. The van der Waals surface area contributed by atoms with Gasteiger partial charge in [0, 0.05) is 38.9 Å². The fourth-order valence-electron chi connectivity index (χ4n) is 3.41. The van der Waals surface area contributed by atoms with Gasteiger partial charge in [-0.15, -0.1) is 0 Å². The number of nitrogens with zero attached hydrogens (tertiary/aromatic N) is 3. The minimum Gasteiger partial charge on any atom is -0.481 e. The molecule has 1 fully saturated rings. The number of hydrogen-bond acceptors (Lipinski definition) is 4. The number of para-hydroxylation sites is 1. The lowest BCUT2D eigenvalue weighted by molar-refractivity contribution is 0.367. The van der Waals surface area contributed by atoms with Crippen molar-refractivity contribution in [1.29, 1.82) is 0 Å². The zero-order valence-corrected chi connectivity index (χ0v) is 14.2. The van der Waals surface area contributed by atoms with Crippen LogP contribution in [-0.2, 0) is 13.6 Å². The topological polar surface area (TPSA) is 42.3 Å². The first-order valence-electron chi connectivity index (χ1n) is 8.26. The highest BCUT2D eigenvalue weighted by Crippen LogP contribution is 2.24. The minimum atomic E-state index is 0.693. The third-order valence-corrected chi connectivity index (χ3v) is 4.62. The molecule has 23 heavy (non-hydrogen) atoms. The van der Waals surface area contributed by atoms with Crippen molar-refractivity contribution in [3.63, 3.8) is 0 Å². The number of anilines is 1. The van der Waals surface area contributed by atoms with Crippen LogP contribution in [0.25, 0.3) is 0 Å². The van der Waals surface area contributed by atoms with Gasteiger partial charge in [0.1, 0.15) is 0 Å². The number of nitrogens with one attached hydrogen (secondary N) is 1. The molecule has 5 heteroatoms. The second kappa shape index (κ2) is 7.04. The standard InChI is InChI=1S/C18H26N4O/c1-14-17(18(23-3)21(2)20-14)12-19-11-15-9-10-22(13-15)16-7-5-4-6-8-16/h4-8,15,19H,9-13H2,1-3H3/t15-/m0/s1. The van der Waals surface area contributed by atoms with Crippen LogP contribution in [0.3, 0.4) is 0 Å². The molecule has 0 radical (unpaired) electrons. The third kappa shape index (κ3) is 3.50. The van der Waals surface area contributed by atoms with Crippen molar-refractivity contribution >= 4 is 5.69 Å². The number of ether oxygens (including phenoxy) is 1. The van der Waals surface area contributed by atoms with Gasteiger partial charge in [-0.1, -0.05) is 18.2 Å². The first-order chi connectivity index (χ1) is 11.2. The van der Waals surface area contributed by atoms with Crippen molar-refractivity contribution in [2.45, 2.75) is 19.9 Å². The Kier molecular flexibility index (Phi) is 4.86. The summed E-state index contributed by atoms with van der Waals surface area (Å²) in [7, 11) is 3.62. The molecule has 1 aliphatic heterocycles. The predicted molar refractivity (Wildman–Crippen MR) is 93.0 cm³/mol. The van der Waals surface area contributed by atoms with Gasteiger partial charge in [0.2, 0.25) is 5.88 Å². The summed E-state index contributed by atoms with van der Waals surface area (Å²) in [5.41, 5.74) is 3.53. The fourth-order valence-corrected chi connectivity index (χ4v) is 3.41. The van der Waals surface area contributed by atoms with Gasteiger partial charge in [0.05, 0.1) is 18.4 Å². The van der Waals surface area contributed by atoms with Gasteiger partial charge in [-0.05, 0) is 31.4 Å². The van der Waals surface area contributed by atoms with Gasteiger partial charge in [-0.25, -0.2) is 4.68 Å². The predicted octanol–water partition coefficient (Wildman–Crippen LogP) is 2.35. The van der Waals surface area contributed by atoms with Crippen molar-refractivity contribution in [2.24, 2.45) is 13.0 Å². The van der Waals surface area contributed by atoms with E-state index in [9.17, 15) is 0 Å². The fraction of sp³-hybridized carbons (Fsp3) is 0.500. The van der Waals surface area contributed by atoms with E-state index in [2.05, 4.69) is 45.6 Å². The molecule has 1 atom stereocenters. The average Bonchev–Trinajstić information content (AvgIpc) is 3.13. The molecular weight excluding hydrogens is 288 g/mol. The zero-order chi connectivity index (χ0) is 16.2. The van der Waals surface area contributed by atoms with Crippen LogP contribution in [0.1, 0.15) is 17.7 Å². The molecule has 1 aromatic carbocycles. The number of rotatable bonds is 6. The van der Waals surface area contributed by atoms with Gasteiger partial charge >= 0.3 is 0 Å². The van der Waals surface area contributed by atoms with E-state index in [1.807, 2.05) is 14.0 Å². The lowest BCUT2D eigenvalue weighted by Gasteiger charge is -2.18. The molecule has 1 saturated heterocycles. The van der Waals surface area contributed by atoms with Gasteiger partial charge in [0.25, 0.3) is 0 Å². The first kappa shape index (κ1) is 15.9. The van der Waals surface area contributed by atoms with E-state index in [1.54, 1.807) is 11.8 Å². The Morgan fingerprint density at radius 3 is 2.83 bits per heavy atom. The summed E-state index contributed by atoms with van der Waals surface area (Å²) < 4.78 is 7.25. The Bertz CT molecular complexity index is 638. The van der Waals surface area contributed by atoms with E-state index >= 15 is 0 Å². The molecule has 0 aliphatic carbocycles. The van der Waals surface area contributed by atoms with Gasteiger partial charge < -0.3 is 15.0 Å². The van der Waals surface area contributed by atoms with Crippen LogP contribution < -0.4 is 15.0 Å². The molecule has 124 valence electrons. The van der Waals surface area contributed by atoms with Crippen LogP contribution in [0.15, 0.2) is 30.3 Å². The molecule has 0 amide bonds. The second-order valence-electron chi connectivity index (χ2n) is 6.26. The molecule has 1 aliphatic rings. The number of benzene rings is 1. The molecule has 2 aromatic rings. The maximum Gasteiger partial charge on any atom is 0.216 e. The van der Waals surface area contributed by atoms with Crippen molar-refractivity contribution < 1.29 is 4.74 Å². The first-order valence-corrected chi connectivity index (χ1v) is 8.26. The van der Waals surface area contributed by atoms with Gasteiger partial charge in [-0.3, -0.25) is 0 Å². The summed E-state index contributed by atoms with van der Waals surface area (Å²) >= 11 is 0. The summed E-state index contributed by atoms with van der Waals surface area (Å²) in [4.78, 5) is 2.47. The van der Waals surface area contributed by atoms with Gasteiger partial charge in [0.15, 0.2) is 0 Å². The highest BCUT2D eigenvalue weighted by molar-refractivity contribution is 5.46. The molecule has 0 bridgehead atoms. The quantitative estimate of drug-likeness (QED) is 0.889. The number of aromatic nitrogens is 2. The highest BCUT2D eigenvalue weighted by atomic mass is 16.5. The maximum atomic E-state index is 5.45. The Hall–Kier alpha value is -2.01. The van der Waals surface area contributed by atoms with Crippen molar-refractivity contribution in [3.05, 3.63) is 41.6 Å². The van der Waals surface area contributed by atoms with Crippen molar-refractivity contribution in [2.75, 3.05) is 31.6 Å². The molecule has 0 spiro atoms. The van der Waals surface area contributed by atoms with Crippen LogP contribution in [0.4, 0.5) is 5.69 Å². The minimum absolute atomic E-state index is 0.693. The molecular formula is C18H26N4O. The Morgan fingerprint density at radius 1 is 1.30 bits per heavy atom. The van der Waals surface area contributed by atoms with Crippen LogP contribution in [0, 0.1) is 12.8 Å². The van der Waals surface area contributed by atoms with Crippen molar-refractivity contribution in [3.8, 4) is 5.88 Å². The number of hydrogen-bond donors (Lipinski definition) is 1. The van der Waals surface area contributed by atoms with E-state index < -0.39 is 0 Å². The third-order valence-electron chi connectivity index (χ3n) is 4.62. The Labute approximate surface area is 138 Å². The van der Waals surface area contributed by atoms with E-state index in [0.29, 0.717) is 5.92 Å². The summed E-state index contributed by atoms with van der Waals surface area (Å²) in [5, 5.41) is 8.01. The Balaban J connectivity index is 1.51. The van der Waals surface area contributed by atoms with E-state index in [4.69, 9.17) is 4.74 Å². The molecule has 2 heterocycles. The average molecular weight is 314 g/mol. The zero-order valence-electron chi connectivity index (χ0n) is 14.2. The number of aryl methyl sites for hydroxylation is 2. The smallest absolute Gasteiger partial charge is 0.216 e. The van der Waals surface area contributed by atoms with E-state index in [1.165, 1.54) is 12.1 Å². The lowest BCUT2D eigenvalue weighted by Crippen LogP contribution is -2.26. The lowest BCUT2D eigenvalue weighted by atomic mass is 10.1. The summed E-state index contributed by atoms with van der Waals surface area (Å²) in [6.07, 6.45) is 1.24. The maximum absolute atomic E-state index is 5.45. The monoisotopic (exact) mass is 314 g/mol. The largest absolute Gasteiger partial charge is 0.481 e. The van der Waals surface area contributed by atoms with E-state index in [-0.39, 0.29) is 0 Å². The highest BCUT2D eigenvalue weighted by Gasteiger charge is 2.22. The summed E-state index contributed by atoms with van der Waals surface area (Å²) in [6, 6.07) is 10.7. The second-order valence-corrected chi connectivity index (χ2v) is 6.26. The number of methoxy groups -OCH3 is 1. The molecule has 0 unspecified atom stereocenters. The SMILES string of the molecule is COc1c(CNC[C@@H]2CCN(c3ccccc3)C2)c(C)nn1C. The Morgan fingerprint density at radius 2 is 2.09 bits per heavy atom. The summed E-state index contributed by atoms with van der Waals surface area (Å²) in [5.74, 6) is 1.55. The summed E-state index contributed by atoms with van der Waals surface area (Å²) in [6.45, 7) is 6.14. The molecule has 3 rings (SSSR count). The normalized spacial score (nSPS) is 17.7. The van der Waals surface area contributed by atoms with Crippen LogP contribution >= 0.6 is 0 Å². The van der Waals surface area contributed by atoms with Gasteiger partial charge in [-0.2, -0.15) is 5.10 Å². The molecule has 1 N–H and O–H groups in total.